The Labute approximate surface area is 111 Å². The van der Waals surface area contributed by atoms with E-state index in [0.717, 1.165) is 0 Å². The van der Waals surface area contributed by atoms with Crippen LogP contribution >= 0.6 is 12.6 Å². The largest absolute Gasteiger partial charge is 0.481 e. The molecule has 2 saturated heterocycles. The summed E-state index contributed by atoms with van der Waals surface area (Å²) in [6.45, 7) is 5.27. The lowest BCUT2D eigenvalue weighted by atomic mass is 9.79. The molecule has 0 saturated carbocycles. The molecule has 0 spiro atoms. The van der Waals surface area contributed by atoms with Crippen molar-refractivity contribution in [3.63, 3.8) is 0 Å². The van der Waals surface area contributed by atoms with E-state index in [2.05, 4.69) is 12.6 Å². The van der Waals surface area contributed by atoms with Crippen LogP contribution in [0.2, 0.25) is 0 Å². The van der Waals surface area contributed by atoms with E-state index in [1.54, 1.807) is 20.8 Å². The molecule has 0 aliphatic carbocycles. The van der Waals surface area contributed by atoms with E-state index in [1.807, 2.05) is 0 Å². The van der Waals surface area contributed by atoms with Crippen LogP contribution in [-0.4, -0.2) is 40.1 Å². The molecule has 2 fully saturated rings. The molecule has 2 aliphatic heterocycles. The fourth-order valence-electron chi connectivity index (χ4n) is 2.67. The van der Waals surface area contributed by atoms with Gasteiger partial charge < -0.3 is 14.6 Å². The highest BCUT2D eigenvalue weighted by molar-refractivity contribution is 7.81. The van der Waals surface area contributed by atoms with Gasteiger partial charge in [-0.2, -0.15) is 12.6 Å². The molecule has 0 amide bonds. The number of carboxylic acids is 1. The lowest BCUT2D eigenvalue weighted by Gasteiger charge is -2.29. The maximum absolute atomic E-state index is 12.1. The van der Waals surface area contributed by atoms with E-state index in [4.69, 9.17) is 9.47 Å². The average molecular weight is 274 g/mol. The molecular formula is C12H18O5S. The van der Waals surface area contributed by atoms with E-state index >= 15 is 0 Å². The summed E-state index contributed by atoms with van der Waals surface area (Å²) in [5.41, 5.74) is -0.631. The van der Waals surface area contributed by atoms with E-state index < -0.39 is 41.6 Å². The second kappa shape index (κ2) is 4.42. The van der Waals surface area contributed by atoms with Crippen LogP contribution in [0.4, 0.5) is 0 Å². The van der Waals surface area contributed by atoms with Crippen molar-refractivity contribution in [1.82, 2.24) is 0 Å². The zero-order chi connectivity index (χ0) is 13.7. The molecule has 5 unspecified atom stereocenters. The minimum absolute atomic E-state index is 0.0943. The molecule has 5 nitrogen and oxygen atoms in total. The predicted molar refractivity (Wildman–Crippen MR) is 66.5 cm³/mol. The van der Waals surface area contributed by atoms with Crippen molar-refractivity contribution in [2.45, 2.75) is 50.3 Å². The number of carboxylic acid groups (broad SMARTS) is 1. The number of rotatable bonds is 2. The summed E-state index contributed by atoms with van der Waals surface area (Å²) in [5.74, 6) is -3.06. The molecule has 2 aliphatic rings. The minimum atomic E-state index is -1.00. The second-order valence-electron chi connectivity index (χ2n) is 5.87. The van der Waals surface area contributed by atoms with Crippen LogP contribution < -0.4 is 0 Å². The van der Waals surface area contributed by atoms with Crippen LogP contribution in [0.1, 0.15) is 27.2 Å². The molecule has 5 atom stereocenters. The van der Waals surface area contributed by atoms with Gasteiger partial charge in [-0.25, -0.2) is 0 Å². The first-order chi connectivity index (χ1) is 8.20. The average Bonchev–Trinajstić information content (AvgIpc) is 2.69. The molecule has 0 aromatic heterocycles. The lowest BCUT2D eigenvalue weighted by Crippen LogP contribution is -2.45. The number of carbonyl (C=O) groups excluding carboxylic acids is 1. The maximum Gasteiger partial charge on any atom is 0.313 e. The van der Waals surface area contributed by atoms with Gasteiger partial charge in [-0.05, 0) is 27.2 Å². The zero-order valence-electron chi connectivity index (χ0n) is 10.6. The van der Waals surface area contributed by atoms with Gasteiger partial charge in [0.2, 0.25) is 0 Å². The smallest absolute Gasteiger partial charge is 0.313 e. The third-order valence-corrected chi connectivity index (χ3v) is 3.80. The molecule has 2 bridgehead atoms. The number of thiol groups is 1. The van der Waals surface area contributed by atoms with Gasteiger partial charge >= 0.3 is 11.9 Å². The van der Waals surface area contributed by atoms with E-state index in [1.165, 1.54) is 0 Å². The zero-order valence-corrected chi connectivity index (χ0v) is 11.5. The summed E-state index contributed by atoms with van der Waals surface area (Å²) < 4.78 is 10.8. The standard InChI is InChI=1S/C12H18O5S/c1-12(2,3)17-11(15)8-7(10(13)14)5-4-6(18)9(8)16-5/h5-9,18H,4H2,1-3H3,(H,13,14). The normalized spacial score (nSPS) is 38.8. The van der Waals surface area contributed by atoms with Gasteiger partial charge in [0.1, 0.15) is 5.60 Å². The maximum atomic E-state index is 12.1. The Hall–Kier alpha value is -0.750. The van der Waals surface area contributed by atoms with Crippen molar-refractivity contribution in [3.8, 4) is 0 Å². The van der Waals surface area contributed by atoms with Crippen molar-refractivity contribution in [3.05, 3.63) is 0 Å². The molecule has 0 aromatic rings. The monoisotopic (exact) mass is 274 g/mol. The van der Waals surface area contributed by atoms with Crippen LogP contribution in [0.3, 0.4) is 0 Å². The van der Waals surface area contributed by atoms with E-state index in [-0.39, 0.29) is 5.25 Å². The van der Waals surface area contributed by atoms with Crippen LogP contribution in [0.15, 0.2) is 0 Å². The predicted octanol–water partition coefficient (Wildman–Crippen LogP) is 1.11. The van der Waals surface area contributed by atoms with Crippen molar-refractivity contribution >= 4 is 24.6 Å². The molecule has 0 aromatic carbocycles. The van der Waals surface area contributed by atoms with Gasteiger partial charge in [-0.1, -0.05) is 0 Å². The quantitative estimate of drug-likeness (QED) is 0.583. The summed E-state index contributed by atoms with van der Waals surface area (Å²) in [5, 5.41) is 9.13. The number of carbonyl (C=O) groups is 2. The summed E-state index contributed by atoms with van der Waals surface area (Å²) >= 11 is 4.35. The van der Waals surface area contributed by atoms with Crippen LogP contribution in [0.25, 0.3) is 0 Å². The molecule has 6 heteroatoms. The number of ether oxygens (including phenoxy) is 2. The highest BCUT2D eigenvalue weighted by Crippen LogP contribution is 2.46. The molecule has 0 radical (unpaired) electrons. The number of hydrogen-bond donors (Lipinski definition) is 2. The van der Waals surface area contributed by atoms with Gasteiger partial charge in [-0.15, -0.1) is 0 Å². The first-order valence-electron chi connectivity index (χ1n) is 6.00. The highest BCUT2D eigenvalue weighted by atomic mass is 32.1. The second-order valence-corrected chi connectivity index (χ2v) is 6.53. The third kappa shape index (κ3) is 2.36. The summed E-state index contributed by atoms with van der Waals surface area (Å²) in [6.07, 6.45) is -0.300. The van der Waals surface area contributed by atoms with Crippen molar-refractivity contribution in [2.24, 2.45) is 11.8 Å². The van der Waals surface area contributed by atoms with Gasteiger partial charge in [0.15, 0.2) is 0 Å². The van der Waals surface area contributed by atoms with Crippen LogP contribution in [0, 0.1) is 11.8 Å². The fourth-order valence-corrected chi connectivity index (χ4v) is 3.14. The number of aliphatic carboxylic acids is 1. The van der Waals surface area contributed by atoms with Crippen LogP contribution in [0.5, 0.6) is 0 Å². The summed E-state index contributed by atoms with van der Waals surface area (Å²) in [6, 6.07) is 0. The topological polar surface area (TPSA) is 72.8 Å². The van der Waals surface area contributed by atoms with Crippen molar-refractivity contribution in [2.75, 3.05) is 0 Å². The Morgan fingerprint density at radius 3 is 2.44 bits per heavy atom. The van der Waals surface area contributed by atoms with Gasteiger partial charge in [0.25, 0.3) is 0 Å². The number of esters is 1. The Bertz CT molecular complexity index is 375. The number of hydrogen-bond acceptors (Lipinski definition) is 5. The molecular weight excluding hydrogens is 256 g/mol. The fraction of sp³-hybridized carbons (Fsp3) is 0.833. The summed E-state index contributed by atoms with van der Waals surface area (Å²) in [7, 11) is 0. The number of fused-ring (bicyclic) bond motifs is 2. The molecule has 18 heavy (non-hydrogen) atoms. The Morgan fingerprint density at radius 1 is 1.33 bits per heavy atom. The molecule has 102 valence electrons. The van der Waals surface area contributed by atoms with Gasteiger partial charge in [0, 0.05) is 5.25 Å². The summed E-state index contributed by atoms with van der Waals surface area (Å²) in [4.78, 5) is 23.4. The molecule has 1 N–H and O–H groups in total. The first kappa shape index (κ1) is 13.7. The third-order valence-electron chi connectivity index (χ3n) is 3.29. The lowest BCUT2D eigenvalue weighted by molar-refractivity contribution is -0.167. The molecule has 2 rings (SSSR count). The first-order valence-corrected chi connectivity index (χ1v) is 6.51. The van der Waals surface area contributed by atoms with Crippen molar-refractivity contribution < 1.29 is 24.2 Å². The minimum Gasteiger partial charge on any atom is -0.481 e. The van der Waals surface area contributed by atoms with Crippen molar-refractivity contribution in [1.29, 1.82) is 0 Å². The van der Waals surface area contributed by atoms with E-state index in [0.29, 0.717) is 6.42 Å². The Balaban J connectivity index is 2.19. The van der Waals surface area contributed by atoms with Gasteiger partial charge in [0.05, 0.1) is 24.0 Å². The van der Waals surface area contributed by atoms with E-state index in [9.17, 15) is 14.7 Å². The highest BCUT2D eigenvalue weighted by Gasteiger charge is 2.59. The van der Waals surface area contributed by atoms with Crippen LogP contribution in [-0.2, 0) is 19.1 Å². The van der Waals surface area contributed by atoms with Gasteiger partial charge in [-0.3, -0.25) is 9.59 Å². The molecule has 2 heterocycles. The Morgan fingerprint density at radius 2 is 1.94 bits per heavy atom. The Kier molecular flexibility index (Phi) is 3.36. The SMILES string of the molecule is CC(C)(C)OC(=O)C1C2OC(CC2S)C1C(=O)O.